The fourth-order valence-electron chi connectivity index (χ4n) is 6.46. The third kappa shape index (κ3) is 6.12. The van der Waals surface area contributed by atoms with Gasteiger partial charge in [-0.05, 0) is 46.8 Å². The molecule has 2 saturated heterocycles. The van der Waals surface area contributed by atoms with Gasteiger partial charge in [0.15, 0.2) is 5.75 Å². The molecule has 3 atom stereocenters. The van der Waals surface area contributed by atoms with Crippen LogP contribution < -0.4 is 15.3 Å². The van der Waals surface area contributed by atoms with Crippen LogP contribution in [-0.4, -0.2) is 95.2 Å². The molecule has 248 valence electrons. The van der Waals surface area contributed by atoms with E-state index < -0.39 is 29.0 Å². The predicted octanol–water partition coefficient (Wildman–Crippen LogP) is 5.58. The van der Waals surface area contributed by atoms with Gasteiger partial charge in [-0.15, -0.1) is 0 Å². The molecule has 3 aliphatic rings. The van der Waals surface area contributed by atoms with E-state index in [0.29, 0.717) is 62.2 Å². The molecule has 14 heteroatoms. The largest absolute Gasteiger partial charge is 0.489 e. The van der Waals surface area contributed by atoms with Gasteiger partial charge in [0.2, 0.25) is 0 Å². The minimum Gasteiger partial charge on any atom is -0.489 e. The van der Waals surface area contributed by atoms with Gasteiger partial charge < -0.3 is 24.0 Å². The Labute approximate surface area is 275 Å². The lowest BCUT2D eigenvalue weighted by molar-refractivity contribution is 0.00337. The molecule has 2 fully saturated rings. The fourth-order valence-corrected chi connectivity index (χ4v) is 6.92. The highest BCUT2D eigenvalue weighted by atomic mass is 35.5. The maximum atomic E-state index is 15.4. The van der Waals surface area contributed by atoms with E-state index in [9.17, 15) is 14.0 Å². The quantitative estimate of drug-likeness (QED) is 0.332. The first-order chi connectivity index (χ1) is 21.7. The van der Waals surface area contributed by atoms with Crippen molar-refractivity contribution in [1.29, 1.82) is 0 Å². The molecule has 0 unspecified atom stereocenters. The lowest BCUT2D eigenvalue weighted by Crippen LogP contribution is -2.59. The molecule has 0 N–H and O–H groups in total. The number of amides is 1. The molecular formula is C32H37Cl2F2N5O5. The number of carbonyl (C=O) groups excluding carboxylic acids is 1. The number of nitrogens with zero attached hydrogens (tertiary/aromatic N) is 5. The summed E-state index contributed by atoms with van der Waals surface area (Å²) in [5.74, 6) is -1.22. The molecule has 0 saturated carbocycles. The average Bonchev–Trinajstić information content (AvgIpc) is 3.19. The third-order valence-corrected chi connectivity index (χ3v) is 9.28. The van der Waals surface area contributed by atoms with E-state index in [-0.39, 0.29) is 58.2 Å². The second kappa shape index (κ2) is 12.4. The minimum atomic E-state index is -0.906. The summed E-state index contributed by atoms with van der Waals surface area (Å²) in [5.41, 5.74) is -0.641. The van der Waals surface area contributed by atoms with Gasteiger partial charge in [-0.1, -0.05) is 23.2 Å². The molecule has 3 aromatic rings. The predicted molar refractivity (Wildman–Crippen MR) is 172 cm³/mol. The number of ether oxygens (including phenoxy) is 3. The molecule has 6 rings (SSSR count). The summed E-state index contributed by atoms with van der Waals surface area (Å²) in [5, 5.41) is 0.373. The summed E-state index contributed by atoms with van der Waals surface area (Å²) < 4.78 is 48.8. The number of hydrogen-bond acceptors (Lipinski definition) is 8. The van der Waals surface area contributed by atoms with Gasteiger partial charge in [0, 0.05) is 67.4 Å². The van der Waals surface area contributed by atoms with Gasteiger partial charge in [-0.25, -0.2) is 18.4 Å². The van der Waals surface area contributed by atoms with E-state index in [0.717, 1.165) is 0 Å². The van der Waals surface area contributed by atoms with Crippen molar-refractivity contribution in [2.24, 2.45) is 0 Å². The molecule has 0 spiro atoms. The molecule has 0 bridgehead atoms. The van der Waals surface area contributed by atoms with Crippen LogP contribution in [-0.2, 0) is 16.0 Å². The van der Waals surface area contributed by atoms with Crippen LogP contribution in [0.1, 0.15) is 34.6 Å². The van der Waals surface area contributed by atoms with Gasteiger partial charge in [-0.3, -0.25) is 9.47 Å². The van der Waals surface area contributed by atoms with E-state index in [1.165, 1.54) is 6.07 Å². The maximum Gasteiger partial charge on any atom is 0.410 e. The Morgan fingerprint density at radius 2 is 1.72 bits per heavy atom. The number of benzene rings is 2. The topological polar surface area (TPSA) is 89.4 Å². The van der Waals surface area contributed by atoms with Crippen LogP contribution in [0.4, 0.5) is 19.4 Å². The number of piperazine rings is 1. The molecule has 10 nitrogen and oxygen atoms in total. The molecule has 1 amide bonds. The number of rotatable bonds is 3. The number of halogens is 4. The van der Waals surface area contributed by atoms with Crippen molar-refractivity contribution in [3.05, 3.63) is 50.4 Å². The maximum absolute atomic E-state index is 15.4. The third-order valence-electron chi connectivity index (χ3n) is 8.69. The van der Waals surface area contributed by atoms with E-state index in [1.54, 1.807) is 15.5 Å². The highest BCUT2D eigenvalue weighted by Gasteiger charge is 2.38. The zero-order chi connectivity index (χ0) is 33.1. The summed E-state index contributed by atoms with van der Waals surface area (Å²) in [7, 11) is 0. The summed E-state index contributed by atoms with van der Waals surface area (Å²) in [6.07, 6.45) is -0.414. The normalized spacial score (nSPS) is 22.5. The van der Waals surface area contributed by atoms with Crippen LogP contribution in [0, 0.1) is 11.6 Å². The van der Waals surface area contributed by atoms with E-state index in [2.05, 4.69) is 9.88 Å². The molecular weight excluding hydrogens is 643 g/mol. The fraction of sp³-hybridized carbons (Fsp3) is 0.531. The lowest BCUT2D eigenvalue weighted by atomic mass is 10.00. The Bertz CT molecular complexity index is 1740. The Balaban J connectivity index is 1.50. The Hall–Kier alpha value is -3.19. The Morgan fingerprint density at radius 3 is 2.41 bits per heavy atom. The molecule has 1 aromatic heterocycles. The van der Waals surface area contributed by atoms with Gasteiger partial charge in [0.25, 0.3) is 0 Å². The first-order valence-corrected chi connectivity index (χ1v) is 16.1. The molecule has 46 heavy (non-hydrogen) atoms. The second-order valence-corrected chi connectivity index (χ2v) is 13.9. The van der Waals surface area contributed by atoms with Crippen molar-refractivity contribution in [2.75, 3.05) is 50.9 Å². The number of aromatic nitrogens is 2. The number of carbonyl (C=O) groups is 1. The van der Waals surface area contributed by atoms with Crippen molar-refractivity contribution in [1.82, 2.24) is 19.4 Å². The van der Waals surface area contributed by atoms with Gasteiger partial charge in [0.1, 0.15) is 29.7 Å². The van der Waals surface area contributed by atoms with Crippen molar-refractivity contribution >= 4 is 46.0 Å². The Morgan fingerprint density at radius 1 is 1.00 bits per heavy atom. The SMILES string of the molecule is C[C@H]1CN(c2nc(=O)n3c4c(c(-c5cc(Cl)c(F)cc5F)c(Cl)cc24)OC[C@@H](N2CCOCC2)C3)[C@@H](C)CN1C(=O)OC(C)(C)C. The van der Waals surface area contributed by atoms with Crippen LogP contribution in [0.5, 0.6) is 5.75 Å². The summed E-state index contributed by atoms with van der Waals surface area (Å²) in [6, 6.07) is 2.78. The van der Waals surface area contributed by atoms with E-state index in [1.807, 2.05) is 39.5 Å². The molecule has 3 aliphatic heterocycles. The second-order valence-electron chi connectivity index (χ2n) is 13.1. The zero-order valence-corrected chi connectivity index (χ0v) is 27.9. The van der Waals surface area contributed by atoms with Crippen molar-refractivity contribution in [3.63, 3.8) is 0 Å². The summed E-state index contributed by atoms with van der Waals surface area (Å²) in [6.45, 7) is 12.8. The highest BCUT2D eigenvalue weighted by molar-refractivity contribution is 6.35. The first kappa shape index (κ1) is 32.7. The van der Waals surface area contributed by atoms with E-state index in [4.69, 9.17) is 37.4 Å². The first-order valence-electron chi connectivity index (χ1n) is 15.4. The van der Waals surface area contributed by atoms with E-state index >= 15 is 4.39 Å². The van der Waals surface area contributed by atoms with Crippen LogP contribution in [0.2, 0.25) is 10.0 Å². The summed E-state index contributed by atoms with van der Waals surface area (Å²) in [4.78, 5) is 37.4. The van der Waals surface area contributed by atoms with Crippen molar-refractivity contribution < 1.29 is 27.8 Å². The van der Waals surface area contributed by atoms with Gasteiger partial charge >= 0.3 is 11.8 Å². The molecule has 4 heterocycles. The minimum absolute atomic E-state index is 0.0524. The molecule has 0 radical (unpaired) electrons. The lowest BCUT2D eigenvalue weighted by Gasteiger charge is -2.45. The number of hydrogen-bond donors (Lipinski definition) is 0. The van der Waals surface area contributed by atoms with Gasteiger partial charge in [-0.2, -0.15) is 4.98 Å². The molecule has 0 aliphatic carbocycles. The van der Waals surface area contributed by atoms with Crippen LogP contribution in [0.3, 0.4) is 0 Å². The zero-order valence-electron chi connectivity index (χ0n) is 26.4. The number of anilines is 1. The highest BCUT2D eigenvalue weighted by Crippen LogP contribution is 2.47. The van der Waals surface area contributed by atoms with Crippen LogP contribution in [0.15, 0.2) is 23.0 Å². The summed E-state index contributed by atoms with van der Waals surface area (Å²) >= 11 is 13.0. The smallest absolute Gasteiger partial charge is 0.410 e. The van der Waals surface area contributed by atoms with Crippen molar-refractivity contribution in [2.45, 2.75) is 64.9 Å². The van der Waals surface area contributed by atoms with Crippen molar-refractivity contribution in [3.8, 4) is 16.9 Å². The Kier molecular flexibility index (Phi) is 8.86. The van der Waals surface area contributed by atoms with Crippen LogP contribution >= 0.6 is 23.2 Å². The van der Waals surface area contributed by atoms with Gasteiger partial charge in [0.05, 0.1) is 34.8 Å². The van der Waals surface area contributed by atoms with Crippen LogP contribution in [0.25, 0.3) is 22.0 Å². The number of morpholine rings is 1. The molecule has 2 aromatic carbocycles. The monoisotopic (exact) mass is 679 g/mol. The average molecular weight is 681 g/mol. The standard InChI is InChI=1S/C32H37Cl2F2N5O5/c1-17-14-40(31(43)46-32(3,4)5)18(2)13-39(17)29-21-11-23(34)26(20-10-22(33)25(36)12-24(20)35)28-27(21)41(30(42)37-29)15-19(16-45-28)38-6-8-44-9-7-38/h10-12,17-19H,6-9,13-16H2,1-5H3/t17-,18-,19-/m0/s1.